The Kier molecular flexibility index (Phi) is 8.08. The second-order valence-corrected chi connectivity index (χ2v) is 6.84. The van der Waals surface area contributed by atoms with E-state index < -0.39 is 11.7 Å². The number of hydrogen-bond acceptors (Lipinski definition) is 3. The molecule has 150 valence electrons. The highest BCUT2D eigenvalue weighted by Gasteiger charge is 2.17. The highest BCUT2D eigenvalue weighted by atomic mass is 35.5. The molecule has 0 aliphatic heterocycles. The molecule has 1 N–H and O–H groups in total. The van der Waals surface area contributed by atoms with Gasteiger partial charge in [0, 0.05) is 13.0 Å². The van der Waals surface area contributed by atoms with Crippen LogP contribution in [0.25, 0.3) is 0 Å². The number of likely N-dealkylation sites (N-methyl/N-ethyl adjacent to an activating group) is 1. The molecular formula is C20H21Cl2FN2O3. The largest absolute Gasteiger partial charge is 0.494 e. The van der Waals surface area contributed by atoms with Gasteiger partial charge in [-0.05, 0) is 43.2 Å². The topological polar surface area (TPSA) is 58.6 Å². The Morgan fingerprint density at radius 1 is 1.18 bits per heavy atom. The quantitative estimate of drug-likeness (QED) is 0.672. The molecule has 0 unspecified atom stereocenters. The molecule has 0 aliphatic rings. The molecule has 0 aliphatic carbocycles. The minimum atomic E-state index is -0.476. The van der Waals surface area contributed by atoms with Gasteiger partial charge in [0.25, 0.3) is 0 Å². The lowest BCUT2D eigenvalue weighted by atomic mass is 10.1. The number of amides is 2. The van der Waals surface area contributed by atoms with Gasteiger partial charge in [0.1, 0.15) is 0 Å². The van der Waals surface area contributed by atoms with E-state index in [0.717, 1.165) is 0 Å². The number of para-hydroxylation sites is 1. The van der Waals surface area contributed by atoms with E-state index >= 15 is 0 Å². The van der Waals surface area contributed by atoms with Crippen LogP contribution in [0.15, 0.2) is 36.4 Å². The van der Waals surface area contributed by atoms with Gasteiger partial charge < -0.3 is 15.0 Å². The number of anilines is 1. The Bertz CT molecular complexity index is 841. The summed E-state index contributed by atoms with van der Waals surface area (Å²) >= 11 is 12.1. The van der Waals surface area contributed by atoms with Crippen molar-refractivity contribution >= 4 is 40.7 Å². The monoisotopic (exact) mass is 426 g/mol. The van der Waals surface area contributed by atoms with Crippen LogP contribution in [0.4, 0.5) is 10.1 Å². The lowest BCUT2D eigenvalue weighted by Gasteiger charge is -2.21. The van der Waals surface area contributed by atoms with Gasteiger partial charge in [-0.15, -0.1) is 0 Å². The first-order valence-corrected chi connectivity index (χ1v) is 9.45. The minimum Gasteiger partial charge on any atom is -0.494 e. The van der Waals surface area contributed by atoms with E-state index in [-0.39, 0.29) is 24.6 Å². The van der Waals surface area contributed by atoms with Crippen molar-refractivity contribution in [2.75, 3.05) is 25.5 Å². The fourth-order valence-corrected chi connectivity index (χ4v) is 3.11. The molecule has 0 saturated heterocycles. The summed E-state index contributed by atoms with van der Waals surface area (Å²) in [6, 6.07) is 9.46. The van der Waals surface area contributed by atoms with E-state index in [4.69, 9.17) is 27.9 Å². The Hall–Kier alpha value is -2.31. The maximum absolute atomic E-state index is 13.7. The van der Waals surface area contributed by atoms with E-state index in [0.29, 0.717) is 34.3 Å². The standard InChI is InChI=1S/C20H21Cl2FN2O3/c1-3-25(12-18(26)24-20-14(21)5-4-6-15(20)22)19(27)10-8-13-7-9-17(28-2)16(23)11-13/h4-7,9,11H,3,8,10,12H2,1-2H3,(H,24,26). The van der Waals surface area contributed by atoms with Crippen molar-refractivity contribution < 1.29 is 18.7 Å². The predicted octanol–water partition coefficient (Wildman–Crippen LogP) is 4.56. The average molecular weight is 427 g/mol. The maximum atomic E-state index is 13.7. The molecule has 2 amide bonds. The molecule has 2 rings (SSSR count). The molecule has 0 saturated carbocycles. The van der Waals surface area contributed by atoms with Crippen LogP contribution in [-0.4, -0.2) is 36.9 Å². The van der Waals surface area contributed by atoms with E-state index in [1.807, 2.05) is 0 Å². The molecule has 0 spiro atoms. The number of aryl methyl sites for hydroxylation is 1. The Labute approximate surface area is 173 Å². The van der Waals surface area contributed by atoms with Crippen molar-refractivity contribution in [3.8, 4) is 5.75 Å². The Morgan fingerprint density at radius 3 is 2.43 bits per heavy atom. The van der Waals surface area contributed by atoms with Crippen LogP contribution in [0.1, 0.15) is 18.9 Å². The van der Waals surface area contributed by atoms with Gasteiger partial charge >= 0.3 is 0 Å². The summed E-state index contributed by atoms with van der Waals surface area (Å²) in [6.45, 7) is 2.01. The van der Waals surface area contributed by atoms with Crippen molar-refractivity contribution in [2.24, 2.45) is 0 Å². The van der Waals surface area contributed by atoms with Gasteiger partial charge in [0.05, 0.1) is 29.4 Å². The second-order valence-electron chi connectivity index (χ2n) is 6.02. The number of carbonyl (C=O) groups is 2. The molecule has 0 heterocycles. The summed E-state index contributed by atoms with van der Waals surface area (Å²) in [5.41, 5.74) is 0.989. The average Bonchev–Trinajstić information content (AvgIpc) is 2.67. The second kappa shape index (κ2) is 10.3. The Balaban J connectivity index is 1.94. The molecule has 0 atom stereocenters. The fraction of sp³-hybridized carbons (Fsp3) is 0.300. The Morgan fingerprint density at radius 2 is 1.86 bits per heavy atom. The fourth-order valence-electron chi connectivity index (χ4n) is 2.62. The normalized spacial score (nSPS) is 10.5. The molecule has 8 heteroatoms. The number of rotatable bonds is 8. The molecule has 5 nitrogen and oxygen atoms in total. The number of methoxy groups -OCH3 is 1. The van der Waals surface area contributed by atoms with Crippen LogP contribution in [-0.2, 0) is 16.0 Å². The maximum Gasteiger partial charge on any atom is 0.244 e. The van der Waals surface area contributed by atoms with Gasteiger partial charge in [0.2, 0.25) is 11.8 Å². The zero-order chi connectivity index (χ0) is 20.7. The number of nitrogens with one attached hydrogen (secondary N) is 1. The third-order valence-electron chi connectivity index (χ3n) is 4.14. The first-order chi connectivity index (χ1) is 13.3. The molecule has 0 radical (unpaired) electrons. The van der Waals surface area contributed by atoms with E-state index in [1.54, 1.807) is 31.2 Å². The van der Waals surface area contributed by atoms with Crippen LogP contribution in [0.5, 0.6) is 5.75 Å². The minimum absolute atomic E-state index is 0.131. The van der Waals surface area contributed by atoms with Crippen LogP contribution in [0.2, 0.25) is 10.0 Å². The summed E-state index contributed by atoms with van der Waals surface area (Å²) in [4.78, 5) is 26.2. The number of benzene rings is 2. The lowest BCUT2D eigenvalue weighted by Crippen LogP contribution is -2.38. The molecule has 2 aromatic carbocycles. The van der Waals surface area contributed by atoms with Gasteiger partial charge in [0.15, 0.2) is 11.6 Å². The molecule has 28 heavy (non-hydrogen) atoms. The SMILES string of the molecule is CCN(CC(=O)Nc1c(Cl)cccc1Cl)C(=O)CCc1ccc(OC)c(F)c1. The van der Waals surface area contributed by atoms with Gasteiger partial charge in [-0.2, -0.15) is 0 Å². The number of ether oxygens (including phenoxy) is 1. The van der Waals surface area contributed by atoms with Crippen molar-refractivity contribution in [2.45, 2.75) is 19.8 Å². The lowest BCUT2D eigenvalue weighted by molar-refractivity contribution is -0.134. The third kappa shape index (κ3) is 5.84. The highest BCUT2D eigenvalue weighted by Crippen LogP contribution is 2.29. The van der Waals surface area contributed by atoms with Crippen molar-refractivity contribution in [1.82, 2.24) is 4.90 Å². The summed E-state index contributed by atoms with van der Waals surface area (Å²) in [7, 11) is 1.39. The molecule has 2 aromatic rings. The number of nitrogens with zero attached hydrogens (tertiary/aromatic N) is 1. The van der Waals surface area contributed by atoms with E-state index in [2.05, 4.69) is 5.32 Å². The van der Waals surface area contributed by atoms with Crippen molar-refractivity contribution in [3.05, 3.63) is 57.8 Å². The zero-order valence-electron chi connectivity index (χ0n) is 15.6. The summed E-state index contributed by atoms with van der Waals surface area (Å²) < 4.78 is 18.6. The van der Waals surface area contributed by atoms with Gasteiger partial charge in [-0.1, -0.05) is 35.3 Å². The van der Waals surface area contributed by atoms with Gasteiger partial charge in [-0.25, -0.2) is 4.39 Å². The summed E-state index contributed by atoms with van der Waals surface area (Å²) in [5, 5.41) is 3.26. The molecular weight excluding hydrogens is 406 g/mol. The zero-order valence-corrected chi connectivity index (χ0v) is 17.1. The van der Waals surface area contributed by atoms with Crippen LogP contribution < -0.4 is 10.1 Å². The number of carbonyl (C=O) groups excluding carboxylic acids is 2. The number of hydrogen-bond donors (Lipinski definition) is 1. The highest BCUT2D eigenvalue weighted by molar-refractivity contribution is 6.39. The van der Waals surface area contributed by atoms with Gasteiger partial charge in [-0.3, -0.25) is 9.59 Å². The van der Waals surface area contributed by atoms with Crippen LogP contribution in [0, 0.1) is 5.82 Å². The molecule has 0 fully saturated rings. The van der Waals surface area contributed by atoms with Crippen LogP contribution in [0.3, 0.4) is 0 Å². The van der Waals surface area contributed by atoms with E-state index in [1.165, 1.54) is 24.1 Å². The number of halogens is 3. The first-order valence-electron chi connectivity index (χ1n) is 8.69. The first kappa shape index (κ1) is 22.0. The van der Waals surface area contributed by atoms with Crippen LogP contribution >= 0.6 is 23.2 Å². The third-order valence-corrected chi connectivity index (χ3v) is 4.77. The van der Waals surface area contributed by atoms with Crippen molar-refractivity contribution in [3.63, 3.8) is 0 Å². The smallest absolute Gasteiger partial charge is 0.244 e. The molecule has 0 bridgehead atoms. The summed E-state index contributed by atoms with van der Waals surface area (Å²) in [6.07, 6.45) is 0.508. The predicted molar refractivity (Wildman–Crippen MR) is 109 cm³/mol. The van der Waals surface area contributed by atoms with E-state index in [9.17, 15) is 14.0 Å². The summed E-state index contributed by atoms with van der Waals surface area (Å²) in [5.74, 6) is -0.934. The van der Waals surface area contributed by atoms with Crippen molar-refractivity contribution in [1.29, 1.82) is 0 Å². The molecule has 0 aromatic heterocycles.